The number of ether oxygens (including phenoxy) is 2. The molecule has 0 aromatic rings. The average Bonchev–Trinajstić information content (AvgIpc) is 2.11. The largest absolute Gasteiger partial charge is 0.462 e. The first-order chi connectivity index (χ1) is 4.91. The number of alkyl halides is 3. The molecule has 1 aliphatic heterocycles. The number of hydrogen-bond acceptors (Lipinski definition) is 2. The predicted octanol–water partition coefficient (Wildman–Crippen LogP) is 2.63. The molecule has 1 aliphatic rings. The van der Waals surface area contributed by atoms with Gasteiger partial charge >= 0.3 is 0 Å². The zero-order valence-electron chi connectivity index (χ0n) is 5.81. The molecule has 1 heterocycles. The third kappa shape index (κ3) is 2.15. The van der Waals surface area contributed by atoms with E-state index in [2.05, 4.69) is 6.58 Å². The van der Waals surface area contributed by atoms with Crippen molar-refractivity contribution in [2.75, 3.05) is 0 Å². The highest BCUT2D eigenvalue weighted by atomic mass is 35.6. The lowest BCUT2D eigenvalue weighted by Gasteiger charge is -2.17. The van der Waals surface area contributed by atoms with Gasteiger partial charge in [0.2, 0.25) is 6.29 Å². The molecule has 2 atom stereocenters. The molecule has 0 aromatic carbocycles. The first-order valence-electron chi connectivity index (χ1n) is 2.99. The van der Waals surface area contributed by atoms with Gasteiger partial charge < -0.3 is 9.47 Å². The Kier molecular flexibility index (Phi) is 2.59. The van der Waals surface area contributed by atoms with Crippen LogP contribution in [0, 0.1) is 0 Å². The maximum absolute atomic E-state index is 5.51. The topological polar surface area (TPSA) is 18.5 Å². The van der Waals surface area contributed by atoms with E-state index in [-0.39, 0.29) is 6.10 Å². The van der Waals surface area contributed by atoms with Gasteiger partial charge in [0.25, 0.3) is 3.79 Å². The SMILES string of the molecule is C=C1O[C@@H](C(Cl)(Cl)Cl)O[C@H]1C. The van der Waals surface area contributed by atoms with E-state index in [4.69, 9.17) is 44.3 Å². The number of halogens is 3. The van der Waals surface area contributed by atoms with Crippen LogP contribution in [0.1, 0.15) is 6.92 Å². The predicted molar refractivity (Wildman–Crippen MR) is 44.9 cm³/mol. The van der Waals surface area contributed by atoms with Crippen LogP contribution in [-0.4, -0.2) is 16.2 Å². The Balaban J connectivity index is 2.61. The zero-order chi connectivity index (χ0) is 8.65. The minimum atomic E-state index is -1.55. The molecular formula is C6H7Cl3O2. The lowest BCUT2D eigenvalue weighted by atomic mass is 10.4. The fraction of sp³-hybridized carbons (Fsp3) is 0.667. The molecule has 1 fully saturated rings. The van der Waals surface area contributed by atoms with E-state index in [1.165, 1.54) is 0 Å². The zero-order valence-corrected chi connectivity index (χ0v) is 8.08. The molecule has 0 aliphatic carbocycles. The third-order valence-corrected chi connectivity index (χ3v) is 1.84. The fourth-order valence-electron chi connectivity index (χ4n) is 0.666. The highest BCUT2D eigenvalue weighted by Crippen LogP contribution is 2.38. The van der Waals surface area contributed by atoms with E-state index in [1.807, 2.05) is 0 Å². The first kappa shape index (κ1) is 9.46. The van der Waals surface area contributed by atoms with Crippen LogP contribution in [0.2, 0.25) is 0 Å². The summed E-state index contributed by atoms with van der Waals surface area (Å²) in [5.41, 5.74) is 0. The molecule has 0 saturated carbocycles. The number of rotatable bonds is 0. The van der Waals surface area contributed by atoms with Crippen molar-refractivity contribution in [3.63, 3.8) is 0 Å². The molecule has 1 rings (SSSR count). The Morgan fingerprint density at radius 1 is 1.45 bits per heavy atom. The monoisotopic (exact) mass is 216 g/mol. The molecule has 64 valence electrons. The Morgan fingerprint density at radius 2 is 2.00 bits per heavy atom. The second-order valence-corrected chi connectivity index (χ2v) is 4.60. The van der Waals surface area contributed by atoms with E-state index in [0.717, 1.165) is 0 Å². The van der Waals surface area contributed by atoms with Crippen LogP contribution in [0.15, 0.2) is 12.3 Å². The van der Waals surface area contributed by atoms with Crippen LogP contribution in [0.4, 0.5) is 0 Å². The Labute approximate surface area is 80.0 Å². The summed E-state index contributed by atoms with van der Waals surface area (Å²) in [6.45, 7) is 5.35. The second kappa shape index (κ2) is 3.02. The van der Waals surface area contributed by atoms with Gasteiger partial charge in [-0.3, -0.25) is 0 Å². The van der Waals surface area contributed by atoms with E-state index in [0.29, 0.717) is 5.76 Å². The summed E-state index contributed by atoms with van der Waals surface area (Å²) in [6.07, 6.45) is -1.05. The Hall–Kier alpha value is 0.370. The second-order valence-electron chi connectivity index (χ2n) is 2.24. The molecular weight excluding hydrogens is 210 g/mol. The van der Waals surface area contributed by atoms with Crippen LogP contribution < -0.4 is 0 Å². The molecule has 5 heteroatoms. The molecule has 1 saturated heterocycles. The summed E-state index contributed by atoms with van der Waals surface area (Å²) >= 11 is 16.5. The molecule has 0 radical (unpaired) electrons. The van der Waals surface area contributed by atoms with Crippen molar-refractivity contribution < 1.29 is 9.47 Å². The van der Waals surface area contributed by atoms with E-state index < -0.39 is 10.1 Å². The molecule has 0 unspecified atom stereocenters. The van der Waals surface area contributed by atoms with Crippen molar-refractivity contribution >= 4 is 34.8 Å². The molecule has 2 nitrogen and oxygen atoms in total. The van der Waals surface area contributed by atoms with Gasteiger partial charge in [0.1, 0.15) is 11.9 Å². The molecule has 0 N–H and O–H groups in total. The summed E-state index contributed by atoms with van der Waals surface area (Å²) in [5, 5.41) is 0. The van der Waals surface area contributed by atoms with Gasteiger partial charge in [-0.15, -0.1) is 0 Å². The van der Waals surface area contributed by atoms with E-state index >= 15 is 0 Å². The molecule has 11 heavy (non-hydrogen) atoms. The summed E-state index contributed by atoms with van der Waals surface area (Å²) in [7, 11) is 0. The quantitative estimate of drug-likeness (QED) is 0.581. The van der Waals surface area contributed by atoms with Crippen molar-refractivity contribution in [2.24, 2.45) is 0 Å². The summed E-state index contributed by atoms with van der Waals surface area (Å²) in [6, 6.07) is 0. The number of hydrogen-bond donors (Lipinski definition) is 0. The van der Waals surface area contributed by atoms with Crippen LogP contribution in [0.3, 0.4) is 0 Å². The standard InChI is InChI=1S/C6H7Cl3O2/c1-3-4(2)11-5(10-3)6(7,8)9/h4-5H,1H2,2H3/t4-,5+/m0/s1. The van der Waals surface area contributed by atoms with Gasteiger partial charge in [-0.1, -0.05) is 41.4 Å². The van der Waals surface area contributed by atoms with Gasteiger partial charge in [0.15, 0.2) is 0 Å². The minimum absolute atomic E-state index is 0.212. The molecule has 0 aromatic heterocycles. The Bertz CT molecular complexity index is 175. The summed E-state index contributed by atoms with van der Waals surface area (Å²) < 4.78 is 8.60. The highest BCUT2D eigenvalue weighted by molar-refractivity contribution is 6.67. The lowest BCUT2D eigenvalue weighted by molar-refractivity contribution is -0.0449. The average molecular weight is 217 g/mol. The van der Waals surface area contributed by atoms with E-state index in [1.54, 1.807) is 6.92 Å². The maximum Gasteiger partial charge on any atom is 0.252 e. The van der Waals surface area contributed by atoms with Crippen molar-refractivity contribution in [1.29, 1.82) is 0 Å². The first-order valence-corrected chi connectivity index (χ1v) is 4.12. The third-order valence-electron chi connectivity index (χ3n) is 1.31. The van der Waals surface area contributed by atoms with Gasteiger partial charge in [0, 0.05) is 0 Å². The lowest BCUT2D eigenvalue weighted by Crippen LogP contribution is -2.26. The fourth-order valence-corrected chi connectivity index (χ4v) is 0.954. The van der Waals surface area contributed by atoms with Crippen molar-refractivity contribution in [1.82, 2.24) is 0 Å². The van der Waals surface area contributed by atoms with Crippen molar-refractivity contribution in [3.05, 3.63) is 12.3 Å². The smallest absolute Gasteiger partial charge is 0.252 e. The van der Waals surface area contributed by atoms with Crippen LogP contribution in [0.5, 0.6) is 0 Å². The molecule has 0 spiro atoms. The summed E-state index contributed by atoms with van der Waals surface area (Å²) in [5.74, 6) is 0.487. The molecule has 0 amide bonds. The van der Waals surface area contributed by atoms with Gasteiger partial charge in [-0.05, 0) is 6.92 Å². The van der Waals surface area contributed by atoms with E-state index in [9.17, 15) is 0 Å². The van der Waals surface area contributed by atoms with Crippen LogP contribution >= 0.6 is 34.8 Å². The minimum Gasteiger partial charge on any atom is -0.462 e. The van der Waals surface area contributed by atoms with Crippen molar-refractivity contribution in [2.45, 2.75) is 23.1 Å². The Morgan fingerprint density at radius 3 is 2.18 bits per heavy atom. The van der Waals surface area contributed by atoms with Crippen molar-refractivity contribution in [3.8, 4) is 0 Å². The van der Waals surface area contributed by atoms with Crippen LogP contribution in [-0.2, 0) is 9.47 Å². The maximum atomic E-state index is 5.51. The molecule has 0 bridgehead atoms. The van der Waals surface area contributed by atoms with Crippen LogP contribution in [0.25, 0.3) is 0 Å². The van der Waals surface area contributed by atoms with Gasteiger partial charge in [-0.25, -0.2) is 0 Å². The van der Waals surface area contributed by atoms with Gasteiger partial charge in [0.05, 0.1) is 0 Å². The highest BCUT2D eigenvalue weighted by Gasteiger charge is 2.42. The summed E-state index contributed by atoms with van der Waals surface area (Å²) in [4.78, 5) is 0. The normalized spacial score (nSPS) is 32.2. The van der Waals surface area contributed by atoms with Gasteiger partial charge in [-0.2, -0.15) is 0 Å².